The molecule has 1 fully saturated rings. The number of carbonyl (C=O) groups excluding carboxylic acids is 1. The topological polar surface area (TPSA) is 203 Å². The van der Waals surface area contributed by atoms with E-state index >= 15 is 0 Å². The van der Waals surface area contributed by atoms with Gasteiger partial charge in [-0.1, -0.05) is 0 Å². The average Bonchev–Trinajstić information content (AvgIpc) is 3.16. The lowest BCUT2D eigenvalue weighted by atomic mass is 9.92. The number of anilines is 1. The first-order chi connectivity index (χ1) is 12.3. The van der Waals surface area contributed by atoms with Crippen molar-refractivity contribution in [3.05, 3.63) is 12.7 Å². The molecule has 1 aliphatic heterocycles. The molecule has 142 valence electrons. The Morgan fingerprint density at radius 3 is 2.69 bits per heavy atom. The lowest BCUT2D eigenvalue weighted by molar-refractivity contribution is -0.177. The Kier molecular flexibility index (Phi) is 4.64. The van der Waals surface area contributed by atoms with Crippen LogP contribution in [0.2, 0.25) is 0 Å². The maximum atomic E-state index is 13.1. The largest absolute Gasteiger partial charge is 0.394 e. The molecule has 1 aliphatic rings. The molecule has 12 heteroatoms. The van der Waals surface area contributed by atoms with Crippen molar-refractivity contribution in [1.29, 1.82) is 0 Å². The van der Waals surface area contributed by atoms with Crippen LogP contribution < -0.4 is 11.5 Å². The number of aliphatic hydroxyl groups excluding tert-OH is 4. The highest BCUT2D eigenvalue weighted by Crippen LogP contribution is 2.39. The first-order valence-electron chi connectivity index (χ1n) is 7.82. The van der Waals surface area contributed by atoms with E-state index in [4.69, 9.17) is 16.2 Å². The van der Waals surface area contributed by atoms with Gasteiger partial charge in [0.05, 0.1) is 18.8 Å². The number of Topliss-reactive ketones (excluding diaryl/α,β-unsaturated/α-hetero) is 1. The molecule has 6 atom stereocenters. The van der Waals surface area contributed by atoms with Crippen molar-refractivity contribution >= 4 is 22.8 Å². The van der Waals surface area contributed by atoms with E-state index in [0.29, 0.717) is 0 Å². The number of nitrogens with zero attached hydrogens (tertiary/aromatic N) is 4. The fourth-order valence-electron chi connectivity index (χ4n) is 3.03. The van der Waals surface area contributed by atoms with Crippen molar-refractivity contribution in [3.63, 3.8) is 0 Å². The zero-order chi connectivity index (χ0) is 19.2. The molecule has 0 bridgehead atoms. The smallest absolute Gasteiger partial charge is 0.238 e. The Labute approximate surface area is 147 Å². The second-order valence-corrected chi connectivity index (χ2v) is 6.15. The lowest BCUT2D eigenvalue weighted by Gasteiger charge is -2.34. The standard InChI is InChI=1S/C14H20N6O6/c1-5(22)7(15)10(24)14(11(25)9(23)6(2-21)26-14)20-4-19-8-12(16)17-3-18-13(8)20/h3-7,9,11,21-23,25H,2,15H2,1H3,(H2,16,17,18)/t5?,6-,7?,9-,11-,14-/m1/s1. The van der Waals surface area contributed by atoms with Gasteiger partial charge < -0.3 is 36.6 Å². The Morgan fingerprint density at radius 2 is 2.12 bits per heavy atom. The third-order valence-corrected chi connectivity index (χ3v) is 4.51. The summed E-state index contributed by atoms with van der Waals surface area (Å²) in [5.74, 6) is -0.894. The second-order valence-electron chi connectivity index (χ2n) is 6.15. The van der Waals surface area contributed by atoms with Gasteiger partial charge in [-0.3, -0.25) is 9.36 Å². The van der Waals surface area contributed by atoms with Crippen LogP contribution in [0.1, 0.15) is 6.92 Å². The molecule has 12 nitrogen and oxygen atoms in total. The molecule has 2 aromatic rings. The molecule has 0 spiro atoms. The minimum absolute atomic E-state index is 0.0305. The molecule has 0 radical (unpaired) electrons. The number of hydrogen-bond acceptors (Lipinski definition) is 11. The number of ketones is 1. The number of rotatable bonds is 5. The molecule has 2 unspecified atom stereocenters. The summed E-state index contributed by atoms with van der Waals surface area (Å²) in [6, 6.07) is -1.45. The van der Waals surface area contributed by atoms with Crippen LogP contribution in [0, 0.1) is 0 Å². The number of imidazole rings is 1. The van der Waals surface area contributed by atoms with Gasteiger partial charge in [-0.15, -0.1) is 0 Å². The predicted molar refractivity (Wildman–Crippen MR) is 86.3 cm³/mol. The van der Waals surface area contributed by atoms with Crippen LogP contribution in [0.5, 0.6) is 0 Å². The summed E-state index contributed by atoms with van der Waals surface area (Å²) in [6.07, 6.45) is -3.68. The number of aliphatic hydroxyl groups is 4. The van der Waals surface area contributed by atoms with Crippen LogP contribution >= 0.6 is 0 Å². The Hall–Kier alpha value is -2.22. The van der Waals surface area contributed by atoms with Crippen molar-refractivity contribution in [1.82, 2.24) is 19.5 Å². The van der Waals surface area contributed by atoms with E-state index in [0.717, 1.165) is 17.2 Å². The van der Waals surface area contributed by atoms with Crippen molar-refractivity contribution < 1.29 is 30.0 Å². The van der Waals surface area contributed by atoms with Gasteiger partial charge in [0.15, 0.2) is 11.5 Å². The summed E-state index contributed by atoms with van der Waals surface area (Å²) < 4.78 is 6.66. The molecule has 8 N–H and O–H groups in total. The van der Waals surface area contributed by atoms with E-state index in [9.17, 15) is 25.2 Å². The van der Waals surface area contributed by atoms with Gasteiger partial charge in [-0.05, 0) is 6.92 Å². The number of aromatic nitrogens is 4. The minimum Gasteiger partial charge on any atom is -0.394 e. The fourth-order valence-corrected chi connectivity index (χ4v) is 3.03. The molecule has 2 aromatic heterocycles. The molecule has 26 heavy (non-hydrogen) atoms. The van der Waals surface area contributed by atoms with Crippen molar-refractivity contribution in [2.45, 2.75) is 43.1 Å². The highest BCUT2D eigenvalue weighted by molar-refractivity contribution is 5.93. The molecule has 0 aromatic carbocycles. The third-order valence-electron chi connectivity index (χ3n) is 4.51. The number of carbonyl (C=O) groups is 1. The SMILES string of the molecule is CC(O)C(N)C(=O)[C@@]1(n2cnc3c(N)ncnc32)O[C@H](CO)[C@@H](O)[C@H]1O. The number of nitrogen functional groups attached to an aromatic ring is 1. The van der Waals surface area contributed by atoms with Crippen molar-refractivity contribution in [3.8, 4) is 0 Å². The van der Waals surface area contributed by atoms with Gasteiger partial charge in [0, 0.05) is 0 Å². The van der Waals surface area contributed by atoms with E-state index < -0.39 is 48.6 Å². The van der Waals surface area contributed by atoms with Gasteiger partial charge in [0.1, 0.15) is 36.5 Å². The quantitative estimate of drug-likeness (QED) is 0.305. The molecule has 0 amide bonds. The minimum atomic E-state index is -2.27. The molecule has 3 heterocycles. The van der Waals surface area contributed by atoms with Gasteiger partial charge >= 0.3 is 0 Å². The average molecular weight is 368 g/mol. The van der Waals surface area contributed by atoms with Crippen LogP contribution in [-0.4, -0.2) is 82.8 Å². The molecule has 3 rings (SSSR count). The summed E-state index contributed by atoms with van der Waals surface area (Å²) in [7, 11) is 0. The third kappa shape index (κ3) is 2.46. The highest BCUT2D eigenvalue weighted by atomic mass is 16.6. The fraction of sp³-hybridized carbons (Fsp3) is 0.571. The van der Waals surface area contributed by atoms with Crippen LogP contribution in [-0.2, 0) is 15.3 Å². The maximum absolute atomic E-state index is 13.1. The van der Waals surface area contributed by atoms with E-state index in [2.05, 4.69) is 15.0 Å². The summed E-state index contributed by atoms with van der Waals surface area (Å²) >= 11 is 0. The lowest BCUT2D eigenvalue weighted by Crippen LogP contribution is -2.59. The van der Waals surface area contributed by atoms with Gasteiger partial charge in [-0.2, -0.15) is 0 Å². The van der Waals surface area contributed by atoms with E-state index in [1.54, 1.807) is 0 Å². The van der Waals surface area contributed by atoms with Gasteiger partial charge in [0.25, 0.3) is 0 Å². The van der Waals surface area contributed by atoms with Crippen molar-refractivity contribution in [2.75, 3.05) is 12.3 Å². The van der Waals surface area contributed by atoms with Crippen LogP contribution in [0.15, 0.2) is 12.7 Å². The zero-order valence-electron chi connectivity index (χ0n) is 13.8. The monoisotopic (exact) mass is 368 g/mol. The summed E-state index contributed by atoms with van der Waals surface area (Å²) in [5.41, 5.74) is 9.44. The van der Waals surface area contributed by atoms with E-state index in [1.165, 1.54) is 6.92 Å². The summed E-state index contributed by atoms with van der Waals surface area (Å²) in [5, 5.41) is 40.0. The van der Waals surface area contributed by atoms with E-state index in [-0.39, 0.29) is 17.0 Å². The molecule has 0 aliphatic carbocycles. The normalized spacial score (nSPS) is 31.2. The Morgan fingerprint density at radius 1 is 1.42 bits per heavy atom. The van der Waals surface area contributed by atoms with Crippen molar-refractivity contribution in [2.24, 2.45) is 5.73 Å². The van der Waals surface area contributed by atoms with Gasteiger partial charge in [-0.25, -0.2) is 15.0 Å². The van der Waals surface area contributed by atoms with Crippen LogP contribution in [0.25, 0.3) is 11.2 Å². The predicted octanol–water partition coefficient (Wildman–Crippen LogP) is -3.55. The van der Waals surface area contributed by atoms with Gasteiger partial charge in [0.2, 0.25) is 11.5 Å². The highest BCUT2D eigenvalue weighted by Gasteiger charge is 2.62. The number of fused-ring (bicyclic) bond motifs is 1. The Bertz CT molecular complexity index is 827. The summed E-state index contributed by atoms with van der Waals surface area (Å²) in [4.78, 5) is 24.9. The van der Waals surface area contributed by atoms with Crippen LogP contribution in [0.3, 0.4) is 0 Å². The zero-order valence-corrected chi connectivity index (χ0v) is 13.8. The molecular formula is C14H20N6O6. The molecular weight excluding hydrogens is 348 g/mol. The Balaban J connectivity index is 2.25. The second kappa shape index (κ2) is 6.50. The number of hydrogen-bond donors (Lipinski definition) is 6. The molecule has 1 saturated heterocycles. The maximum Gasteiger partial charge on any atom is 0.238 e. The number of ether oxygens (including phenoxy) is 1. The first kappa shape index (κ1) is 18.6. The first-order valence-corrected chi connectivity index (χ1v) is 7.82. The van der Waals surface area contributed by atoms with E-state index in [1.807, 2.05) is 0 Å². The summed E-state index contributed by atoms with van der Waals surface area (Å²) in [6.45, 7) is 0.630. The number of nitrogens with two attached hydrogens (primary N) is 2. The van der Waals surface area contributed by atoms with Crippen LogP contribution in [0.4, 0.5) is 5.82 Å². The molecule has 0 saturated carbocycles.